The Kier molecular flexibility index (Phi) is 5.15. The number of ether oxygens (including phenoxy) is 1. The van der Waals surface area contributed by atoms with Gasteiger partial charge in [-0.05, 0) is 23.8 Å². The summed E-state index contributed by atoms with van der Waals surface area (Å²) in [5.74, 6) is 4.91. The first-order chi connectivity index (χ1) is 8.58. The lowest BCUT2D eigenvalue weighted by Crippen LogP contribution is -1.90. The molecule has 0 unspecified atom stereocenters. The molecule has 1 rings (SSSR count). The number of methoxy groups -OCH3 is 1. The lowest BCUT2D eigenvalue weighted by Gasteiger charge is -2.06. The third-order valence-electron chi connectivity index (χ3n) is 2.04. The van der Waals surface area contributed by atoms with E-state index in [1.165, 1.54) is 19.3 Å². The van der Waals surface area contributed by atoms with Crippen LogP contribution in [-0.2, 0) is 4.79 Å². The first-order valence-electron chi connectivity index (χ1n) is 5.00. The van der Waals surface area contributed by atoms with E-state index in [4.69, 9.17) is 9.84 Å². The number of hydrogen-bond acceptors (Lipinski definition) is 4. The number of hydrogen-bond donors (Lipinski definition) is 3. The van der Waals surface area contributed by atoms with Gasteiger partial charge in [-0.1, -0.05) is 11.8 Å². The molecule has 0 saturated heterocycles. The van der Waals surface area contributed by atoms with E-state index < -0.39 is 5.97 Å². The standard InChI is InChI=1S/C13H12O4S/c1-17-11-8-9(4-5-12(14)15)7-10(13(11)16)3-2-6-18/h4-5,7-8,16,18H,6H2,1H3,(H,14,15). The highest BCUT2D eigenvalue weighted by molar-refractivity contribution is 7.80. The second kappa shape index (κ2) is 6.62. The Morgan fingerprint density at radius 1 is 1.56 bits per heavy atom. The number of carboxylic acid groups (broad SMARTS) is 1. The maximum absolute atomic E-state index is 10.4. The SMILES string of the molecule is COc1cc(C=CC(=O)O)cc(C#CCS)c1O. The third-order valence-corrected chi connectivity index (χ3v) is 2.20. The van der Waals surface area contributed by atoms with Gasteiger partial charge in [-0.3, -0.25) is 0 Å². The average Bonchev–Trinajstić information content (AvgIpc) is 2.35. The van der Waals surface area contributed by atoms with E-state index in [2.05, 4.69) is 24.5 Å². The molecular formula is C13H12O4S. The summed E-state index contributed by atoms with van der Waals surface area (Å²) in [5.41, 5.74) is 0.948. The second-order valence-corrected chi connectivity index (χ2v) is 3.57. The molecule has 0 aromatic heterocycles. The summed E-state index contributed by atoms with van der Waals surface area (Å²) in [5, 5.41) is 18.4. The Balaban J connectivity index is 3.25. The van der Waals surface area contributed by atoms with Gasteiger partial charge in [-0.2, -0.15) is 12.6 Å². The smallest absolute Gasteiger partial charge is 0.328 e. The average molecular weight is 264 g/mol. The summed E-state index contributed by atoms with van der Waals surface area (Å²) in [7, 11) is 1.41. The van der Waals surface area contributed by atoms with Crippen LogP contribution in [0.5, 0.6) is 11.5 Å². The lowest BCUT2D eigenvalue weighted by molar-refractivity contribution is -0.131. The molecule has 2 N–H and O–H groups in total. The number of carboxylic acids is 1. The molecule has 0 aliphatic carbocycles. The predicted molar refractivity (Wildman–Crippen MR) is 72.1 cm³/mol. The van der Waals surface area contributed by atoms with E-state index in [9.17, 15) is 9.90 Å². The van der Waals surface area contributed by atoms with E-state index in [0.29, 0.717) is 16.9 Å². The van der Waals surface area contributed by atoms with E-state index in [-0.39, 0.29) is 11.5 Å². The van der Waals surface area contributed by atoms with Crippen LogP contribution in [0.4, 0.5) is 0 Å². The van der Waals surface area contributed by atoms with Crippen LogP contribution in [0.2, 0.25) is 0 Å². The summed E-state index contributed by atoms with van der Waals surface area (Å²) in [4.78, 5) is 10.4. The Hall–Kier alpha value is -2.06. The molecule has 0 saturated carbocycles. The van der Waals surface area contributed by atoms with Crippen molar-refractivity contribution in [2.24, 2.45) is 0 Å². The van der Waals surface area contributed by atoms with Crippen molar-refractivity contribution in [3.05, 3.63) is 29.3 Å². The molecule has 0 radical (unpaired) electrons. The monoisotopic (exact) mass is 264 g/mol. The Bertz CT molecular complexity index is 538. The third kappa shape index (κ3) is 3.75. The molecule has 0 aliphatic heterocycles. The van der Waals surface area contributed by atoms with Crippen molar-refractivity contribution >= 4 is 24.7 Å². The second-order valence-electron chi connectivity index (χ2n) is 3.25. The van der Waals surface area contributed by atoms with Gasteiger partial charge in [0.25, 0.3) is 0 Å². The molecule has 94 valence electrons. The largest absolute Gasteiger partial charge is 0.503 e. The van der Waals surface area contributed by atoms with Crippen molar-refractivity contribution in [3.63, 3.8) is 0 Å². The molecule has 0 fully saturated rings. The van der Waals surface area contributed by atoms with Gasteiger partial charge in [0.1, 0.15) is 0 Å². The van der Waals surface area contributed by atoms with E-state index in [1.807, 2.05) is 0 Å². The fourth-order valence-electron chi connectivity index (χ4n) is 1.28. The summed E-state index contributed by atoms with van der Waals surface area (Å²) < 4.78 is 4.99. The van der Waals surface area contributed by atoms with Crippen molar-refractivity contribution in [2.75, 3.05) is 12.9 Å². The van der Waals surface area contributed by atoms with Gasteiger partial charge < -0.3 is 14.9 Å². The highest BCUT2D eigenvalue weighted by Gasteiger charge is 2.08. The first-order valence-corrected chi connectivity index (χ1v) is 5.63. The van der Waals surface area contributed by atoms with Crippen LogP contribution in [-0.4, -0.2) is 29.0 Å². The number of phenols is 1. The van der Waals surface area contributed by atoms with Gasteiger partial charge in [-0.25, -0.2) is 4.79 Å². The summed E-state index contributed by atoms with van der Waals surface area (Å²) in [6, 6.07) is 3.11. The van der Waals surface area contributed by atoms with Gasteiger partial charge in [0.15, 0.2) is 11.5 Å². The lowest BCUT2D eigenvalue weighted by atomic mass is 10.1. The number of rotatable bonds is 3. The maximum Gasteiger partial charge on any atom is 0.328 e. The van der Waals surface area contributed by atoms with Crippen molar-refractivity contribution in [2.45, 2.75) is 0 Å². The molecule has 0 spiro atoms. The van der Waals surface area contributed by atoms with Gasteiger partial charge in [0.2, 0.25) is 0 Å². The zero-order valence-corrected chi connectivity index (χ0v) is 10.6. The van der Waals surface area contributed by atoms with Crippen LogP contribution < -0.4 is 4.74 Å². The zero-order chi connectivity index (χ0) is 13.5. The van der Waals surface area contributed by atoms with E-state index >= 15 is 0 Å². The fraction of sp³-hybridized carbons (Fsp3) is 0.154. The summed E-state index contributed by atoms with van der Waals surface area (Å²) in [6.07, 6.45) is 2.40. The molecule has 0 aliphatic rings. The molecule has 0 heterocycles. The summed E-state index contributed by atoms with van der Waals surface area (Å²) >= 11 is 3.95. The van der Waals surface area contributed by atoms with E-state index in [1.54, 1.807) is 6.07 Å². The van der Waals surface area contributed by atoms with Gasteiger partial charge in [0, 0.05) is 6.08 Å². The summed E-state index contributed by atoms with van der Waals surface area (Å²) in [6.45, 7) is 0. The quantitative estimate of drug-likeness (QED) is 0.442. The topological polar surface area (TPSA) is 66.8 Å². The van der Waals surface area contributed by atoms with Crippen LogP contribution >= 0.6 is 12.6 Å². The fourth-order valence-corrected chi connectivity index (χ4v) is 1.36. The molecule has 0 atom stereocenters. The molecule has 1 aromatic carbocycles. The van der Waals surface area contributed by atoms with Gasteiger partial charge >= 0.3 is 5.97 Å². The number of aromatic hydroxyl groups is 1. The van der Waals surface area contributed by atoms with Gasteiger partial charge in [0.05, 0.1) is 18.4 Å². The minimum Gasteiger partial charge on any atom is -0.503 e. The molecule has 4 nitrogen and oxygen atoms in total. The predicted octanol–water partition coefficient (Wildman–Crippen LogP) is 1.78. The molecule has 18 heavy (non-hydrogen) atoms. The minimum atomic E-state index is -1.05. The molecule has 0 amide bonds. The van der Waals surface area contributed by atoms with Crippen LogP contribution in [0.25, 0.3) is 6.08 Å². The maximum atomic E-state index is 10.4. The zero-order valence-electron chi connectivity index (χ0n) is 9.67. The van der Waals surface area contributed by atoms with Crippen molar-refractivity contribution in [1.29, 1.82) is 0 Å². The molecular weight excluding hydrogens is 252 g/mol. The highest BCUT2D eigenvalue weighted by atomic mass is 32.1. The van der Waals surface area contributed by atoms with Gasteiger partial charge in [-0.15, -0.1) is 0 Å². The van der Waals surface area contributed by atoms with Crippen molar-refractivity contribution in [1.82, 2.24) is 0 Å². The van der Waals surface area contributed by atoms with Crippen LogP contribution in [0.1, 0.15) is 11.1 Å². The first kappa shape index (κ1) is 14.0. The number of aliphatic carboxylic acids is 1. The normalized spacial score (nSPS) is 9.89. The van der Waals surface area contributed by atoms with Crippen molar-refractivity contribution < 1.29 is 19.7 Å². The molecule has 0 bridgehead atoms. The molecule has 5 heteroatoms. The van der Waals surface area contributed by atoms with E-state index in [0.717, 1.165) is 6.08 Å². The molecule has 1 aromatic rings. The highest BCUT2D eigenvalue weighted by Crippen LogP contribution is 2.31. The Morgan fingerprint density at radius 3 is 2.83 bits per heavy atom. The van der Waals surface area contributed by atoms with Crippen LogP contribution in [0.3, 0.4) is 0 Å². The van der Waals surface area contributed by atoms with Crippen molar-refractivity contribution in [3.8, 4) is 23.3 Å². The number of thiol groups is 1. The Morgan fingerprint density at radius 2 is 2.28 bits per heavy atom. The van der Waals surface area contributed by atoms with Crippen LogP contribution in [0, 0.1) is 11.8 Å². The number of benzene rings is 1. The number of carbonyl (C=O) groups is 1. The number of phenolic OH excluding ortho intramolecular Hbond substituents is 1. The Labute approximate surface area is 110 Å². The minimum absolute atomic E-state index is 0.0701. The van der Waals surface area contributed by atoms with Crippen LogP contribution in [0.15, 0.2) is 18.2 Å².